The highest BCUT2D eigenvalue weighted by Crippen LogP contribution is 2.22. The number of thiocarbonyl (C=S) groups is 1. The van der Waals surface area contributed by atoms with Gasteiger partial charge in [-0.1, -0.05) is 49.5 Å². The van der Waals surface area contributed by atoms with Crippen LogP contribution in [0.15, 0.2) is 59.6 Å². The molecule has 0 aliphatic heterocycles. The Morgan fingerprint density at radius 2 is 1.73 bits per heavy atom. The number of hydrogen-bond donors (Lipinski definition) is 1. The predicted molar refractivity (Wildman–Crippen MR) is 97.2 cm³/mol. The first-order valence-corrected chi connectivity index (χ1v) is 7.81. The standard InChI is InChI=1S/C18H20N2OS/c1-3-17(21-4-2)20-16-13-9-8-12-15(16)18(22)19-14-10-6-5-7-11-14/h5-13H,3-4H2,1-2H3,(H,19,22). The lowest BCUT2D eigenvalue weighted by Crippen LogP contribution is -2.11. The van der Waals surface area contributed by atoms with Crippen LogP contribution in [0, 0.1) is 0 Å². The molecule has 0 aliphatic carbocycles. The van der Waals surface area contributed by atoms with Gasteiger partial charge in [0.15, 0.2) is 5.90 Å². The summed E-state index contributed by atoms with van der Waals surface area (Å²) in [7, 11) is 0. The molecule has 1 N–H and O–H groups in total. The van der Waals surface area contributed by atoms with Gasteiger partial charge in [0.2, 0.25) is 0 Å². The lowest BCUT2D eigenvalue weighted by atomic mass is 10.1. The van der Waals surface area contributed by atoms with Gasteiger partial charge in [-0.05, 0) is 31.2 Å². The molecule has 2 aromatic carbocycles. The van der Waals surface area contributed by atoms with Crippen molar-refractivity contribution >= 4 is 34.5 Å². The van der Waals surface area contributed by atoms with Gasteiger partial charge in [-0.3, -0.25) is 0 Å². The smallest absolute Gasteiger partial charge is 0.188 e. The van der Waals surface area contributed by atoms with Crippen molar-refractivity contribution in [3.05, 3.63) is 60.2 Å². The van der Waals surface area contributed by atoms with E-state index in [1.54, 1.807) is 0 Å². The zero-order chi connectivity index (χ0) is 15.8. The topological polar surface area (TPSA) is 33.6 Å². The van der Waals surface area contributed by atoms with Crippen LogP contribution in [0.4, 0.5) is 11.4 Å². The summed E-state index contributed by atoms with van der Waals surface area (Å²) in [6.07, 6.45) is 0.751. The Hall–Kier alpha value is -2.20. The molecule has 0 bridgehead atoms. The molecule has 114 valence electrons. The number of para-hydroxylation sites is 2. The number of benzene rings is 2. The fraction of sp³-hybridized carbons (Fsp3) is 0.222. The average Bonchev–Trinajstić information content (AvgIpc) is 2.55. The van der Waals surface area contributed by atoms with E-state index in [0.29, 0.717) is 11.6 Å². The summed E-state index contributed by atoms with van der Waals surface area (Å²) >= 11 is 5.52. The highest BCUT2D eigenvalue weighted by molar-refractivity contribution is 7.81. The zero-order valence-corrected chi connectivity index (χ0v) is 13.7. The summed E-state index contributed by atoms with van der Waals surface area (Å²) in [5.41, 5.74) is 2.68. The van der Waals surface area contributed by atoms with Crippen molar-refractivity contribution in [1.82, 2.24) is 0 Å². The van der Waals surface area contributed by atoms with Crippen molar-refractivity contribution in [2.45, 2.75) is 20.3 Å². The maximum Gasteiger partial charge on any atom is 0.188 e. The van der Waals surface area contributed by atoms with E-state index in [-0.39, 0.29) is 0 Å². The number of nitrogens with one attached hydrogen (secondary N) is 1. The van der Waals surface area contributed by atoms with Gasteiger partial charge in [-0.2, -0.15) is 0 Å². The Kier molecular flexibility index (Phi) is 6.10. The average molecular weight is 312 g/mol. The van der Waals surface area contributed by atoms with E-state index < -0.39 is 0 Å². The Morgan fingerprint density at radius 3 is 2.41 bits per heavy atom. The van der Waals surface area contributed by atoms with Crippen molar-refractivity contribution in [1.29, 1.82) is 0 Å². The van der Waals surface area contributed by atoms with Gasteiger partial charge < -0.3 is 10.1 Å². The Labute approximate surface area is 137 Å². The molecule has 0 saturated carbocycles. The van der Waals surface area contributed by atoms with Gasteiger partial charge in [0.05, 0.1) is 12.3 Å². The number of rotatable bonds is 5. The SMILES string of the molecule is CCOC(CC)=Nc1ccccc1C(=S)Nc1ccccc1. The first kappa shape index (κ1) is 16.2. The minimum Gasteiger partial charge on any atom is -0.481 e. The fourth-order valence-electron chi connectivity index (χ4n) is 2.00. The van der Waals surface area contributed by atoms with Crippen LogP contribution in [0.25, 0.3) is 0 Å². The number of hydrogen-bond acceptors (Lipinski definition) is 3. The minimum absolute atomic E-state index is 0.613. The van der Waals surface area contributed by atoms with E-state index in [4.69, 9.17) is 17.0 Å². The second-order valence-electron chi connectivity index (χ2n) is 4.63. The number of aliphatic imine (C=N–C) groups is 1. The molecule has 0 atom stereocenters. The third-order valence-corrected chi connectivity index (χ3v) is 3.36. The molecule has 0 unspecified atom stereocenters. The summed E-state index contributed by atoms with van der Waals surface area (Å²) in [4.78, 5) is 5.25. The molecule has 0 spiro atoms. The van der Waals surface area contributed by atoms with Gasteiger partial charge in [0, 0.05) is 17.7 Å². The Bertz CT molecular complexity index is 653. The van der Waals surface area contributed by atoms with Gasteiger partial charge in [-0.15, -0.1) is 0 Å². The van der Waals surface area contributed by atoms with E-state index in [2.05, 4.69) is 10.3 Å². The summed E-state index contributed by atoms with van der Waals surface area (Å²) in [6, 6.07) is 17.7. The molecule has 22 heavy (non-hydrogen) atoms. The maximum atomic E-state index is 5.53. The molecule has 0 fully saturated rings. The number of nitrogens with zero attached hydrogens (tertiary/aromatic N) is 1. The molecule has 0 heterocycles. The Balaban J connectivity index is 2.26. The second-order valence-corrected chi connectivity index (χ2v) is 5.04. The van der Waals surface area contributed by atoms with Gasteiger partial charge in [-0.25, -0.2) is 4.99 Å². The summed E-state index contributed by atoms with van der Waals surface area (Å²) < 4.78 is 5.53. The molecule has 2 rings (SSSR count). The lowest BCUT2D eigenvalue weighted by molar-refractivity contribution is 0.319. The minimum atomic E-state index is 0.613. The number of ether oxygens (including phenoxy) is 1. The zero-order valence-electron chi connectivity index (χ0n) is 12.9. The molecule has 0 aliphatic rings. The molecule has 0 amide bonds. The van der Waals surface area contributed by atoms with Crippen molar-refractivity contribution < 1.29 is 4.74 Å². The van der Waals surface area contributed by atoms with Crippen LogP contribution in [0.5, 0.6) is 0 Å². The third kappa shape index (κ3) is 4.40. The maximum absolute atomic E-state index is 5.53. The van der Waals surface area contributed by atoms with Crippen molar-refractivity contribution in [3.8, 4) is 0 Å². The molecule has 2 aromatic rings. The van der Waals surface area contributed by atoms with E-state index in [9.17, 15) is 0 Å². The fourth-order valence-corrected chi connectivity index (χ4v) is 2.29. The molecule has 0 radical (unpaired) electrons. The summed E-state index contributed by atoms with van der Waals surface area (Å²) in [6.45, 7) is 4.60. The quantitative estimate of drug-likeness (QED) is 0.482. The van der Waals surface area contributed by atoms with Crippen molar-refractivity contribution in [2.24, 2.45) is 4.99 Å². The van der Waals surface area contributed by atoms with Gasteiger partial charge >= 0.3 is 0 Å². The lowest BCUT2D eigenvalue weighted by Gasteiger charge is -2.11. The molecule has 4 heteroatoms. The van der Waals surface area contributed by atoms with Crippen LogP contribution in [-0.2, 0) is 4.74 Å². The van der Waals surface area contributed by atoms with Crippen molar-refractivity contribution in [2.75, 3.05) is 11.9 Å². The molecule has 3 nitrogen and oxygen atoms in total. The van der Waals surface area contributed by atoms with E-state index in [1.165, 1.54) is 0 Å². The van der Waals surface area contributed by atoms with Crippen LogP contribution in [0.3, 0.4) is 0 Å². The summed E-state index contributed by atoms with van der Waals surface area (Å²) in [5, 5.41) is 3.24. The highest BCUT2D eigenvalue weighted by Gasteiger charge is 2.08. The van der Waals surface area contributed by atoms with E-state index >= 15 is 0 Å². The highest BCUT2D eigenvalue weighted by atomic mass is 32.1. The molecular weight excluding hydrogens is 292 g/mol. The van der Waals surface area contributed by atoms with Crippen LogP contribution in [0.2, 0.25) is 0 Å². The predicted octanol–water partition coefficient (Wildman–Crippen LogP) is 4.95. The Morgan fingerprint density at radius 1 is 1.05 bits per heavy atom. The van der Waals surface area contributed by atoms with Crippen molar-refractivity contribution in [3.63, 3.8) is 0 Å². The molecular formula is C18H20N2OS. The first-order valence-electron chi connectivity index (χ1n) is 7.40. The number of anilines is 1. The van der Waals surface area contributed by atoms with Crippen LogP contribution < -0.4 is 5.32 Å². The third-order valence-electron chi connectivity index (χ3n) is 3.04. The summed E-state index contributed by atoms with van der Waals surface area (Å²) in [5.74, 6) is 0.720. The van der Waals surface area contributed by atoms with Crippen LogP contribution in [-0.4, -0.2) is 17.5 Å². The van der Waals surface area contributed by atoms with Gasteiger partial charge in [0.25, 0.3) is 0 Å². The molecule has 0 saturated heterocycles. The second kappa shape index (κ2) is 8.29. The normalized spacial score (nSPS) is 11.1. The van der Waals surface area contributed by atoms with Crippen LogP contribution in [0.1, 0.15) is 25.8 Å². The molecule has 0 aromatic heterocycles. The van der Waals surface area contributed by atoms with E-state index in [1.807, 2.05) is 68.4 Å². The van der Waals surface area contributed by atoms with Gasteiger partial charge in [0.1, 0.15) is 4.99 Å². The largest absolute Gasteiger partial charge is 0.481 e. The van der Waals surface area contributed by atoms with E-state index in [0.717, 1.165) is 29.3 Å². The first-order chi connectivity index (χ1) is 10.7. The van der Waals surface area contributed by atoms with Crippen LogP contribution >= 0.6 is 12.2 Å². The monoisotopic (exact) mass is 312 g/mol.